The molecule has 24 heavy (non-hydrogen) atoms. The Morgan fingerprint density at radius 3 is 2.92 bits per heavy atom. The molecule has 2 saturated heterocycles. The fraction of sp³-hybridized carbons (Fsp3) is 0.778. The average Bonchev–Trinajstić information content (AvgIpc) is 3.29. The SMILES string of the molecule is Cc1nc([C@@H]2CCCN2C(=O)N[C@H]2CCCC23CCOCC3)cs1. The summed E-state index contributed by atoms with van der Waals surface area (Å²) in [4.78, 5) is 19.6. The van der Waals surface area contributed by atoms with Crippen LogP contribution in [0.5, 0.6) is 0 Å². The molecule has 1 saturated carbocycles. The molecule has 3 heterocycles. The lowest BCUT2D eigenvalue weighted by Crippen LogP contribution is -2.51. The lowest BCUT2D eigenvalue weighted by atomic mass is 9.75. The summed E-state index contributed by atoms with van der Waals surface area (Å²) in [5.74, 6) is 0. The number of thiazole rings is 1. The number of carbonyl (C=O) groups excluding carboxylic acids is 1. The average molecular weight is 350 g/mol. The van der Waals surface area contributed by atoms with Crippen LogP contribution < -0.4 is 5.32 Å². The van der Waals surface area contributed by atoms with Crippen molar-refractivity contribution in [3.63, 3.8) is 0 Å². The molecule has 0 bridgehead atoms. The zero-order valence-corrected chi connectivity index (χ0v) is 15.2. The molecule has 0 unspecified atom stereocenters. The largest absolute Gasteiger partial charge is 0.381 e. The number of amides is 2. The van der Waals surface area contributed by atoms with E-state index < -0.39 is 0 Å². The maximum atomic E-state index is 13.0. The Kier molecular flexibility index (Phi) is 4.52. The minimum atomic E-state index is 0.112. The van der Waals surface area contributed by atoms with Crippen LogP contribution in [-0.2, 0) is 4.74 Å². The standard InChI is InChI=1S/C18H27N3O2S/c1-13-19-14(12-24-13)15-4-3-9-21(15)17(22)20-16-5-2-6-18(16)7-10-23-11-8-18/h12,15-16H,2-11H2,1H3,(H,20,22)/t15-,16-/m0/s1. The van der Waals surface area contributed by atoms with Gasteiger partial charge in [-0.15, -0.1) is 11.3 Å². The first kappa shape index (κ1) is 16.3. The highest BCUT2D eigenvalue weighted by Gasteiger charge is 2.45. The summed E-state index contributed by atoms with van der Waals surface area (Å²) in [6.07, 6.45) is 7.84. The third-order valence-electron chi connectivity index (χ3n) is 6.18. The summed E-state index contributed by atoms with van der Waals surface area (Å²) < 4.78 is 5.56. The minimum absolute atomic E-state index is 0.112. The fourth-order valence-corrected chi connectivity index (χ4v) is 5.48. The van der Waals surface area contributed by atoms with Gasteiger partial charge >= 0.3 is 6.03 Å². The minimum Gasteiger partial charge on any atom is -0.381 e. The van der Waals surface area contributed by atoms with Crippen molar-refractivity contribution < 1.29 is 9.53 Å². The highest BCUT2D eigenvalue weighted by atomic mass is 32.1. The Hall–Kier alpha value is -1.14. The predicted octanol–water partition coefficient (Wildman–Crippen LogP) is 3.65. The van der Waals surface area contributed by atoms with Gasteiger partial charge < -0.3 is 15.0 Å². The first-order chi connectivity index (χ1) is 11.7. The van der Waals surface area contributed by atoms with Crippen LogP contribution >= 0.6 is 11.3 Å². The number of hydrogen-bond acceptors (Lipinski definition) is 4. The van der Waals surface area contributed by atoms with E-state index in [1.165, 1.54) is 12.8 Å². The maximum Gasteiger partial charge on any atom is 0.318 e. The number of likely N-dealkylation sites (tertiary alicyclic amines) is 1. The third-order valence-corrected chi connectivity index (χ3v) is 6.98. The second kappa shape index (κ2) is 6.64. The topological polar surface area (TPSA) is 54.5 Å². The summed E-state index contributed by atoms with van der Waals surface area (Å²) in [7, 11) is 0. The molecule has 3 aliphatic rings. The lowest BCUT2D eigenvalue weighted by molar-refractivity contribution is 0.00535. The second-order valence-electron chi connectivity index (χ2n) is 7.51. The monoisotopic (exact) mass is 349 g/mol. The van der Waals surface area contributed by atoms with E-state index in [-0.39, 0.29) is 17.5 Å². The normalized spacial score (nSPS) is 29.3. The quantitative estimate of drug-likeness (QED) is 0.887. The van der Waals surface area contributed by atoms with Crippen LogP contribution in [-0.4, -0.2) is 41.7 Å². The Morgan fingerprint density at radius 2 is 2.17 bits per heavy atom. The first-order valence-corrected chi connectivity index (χ1v) is 10.1. The molecule has 1 aliphatic carbocycles. The second-order valence-corrected chi connectivity index (χ2v) is 8.57. The summed E-state index contributed by atoms with van der Waals surface area (Å²) in [5, 5.41) is 6.59. The first-order valence-electron chi connectivity index (χ1n) is 9.25. The van der Waals surface area contributed by atoms with Crippen molar-refractivity contribution in [1.82, 2.24) is 15.2 Å². The molecule has 1 aromatic rings. The number of aryl methyl sites for hydroxylation is 1. The van der Waals surface area contributed by atoms with Crippen LogP contribution in [0.3, 0.4) is 0 Å². The molecule has 0 aromatic carbocycles. The molecular formula is C18H27N3O2S. The van der Waals surface area contributed by atoms with Gasteiger partial charge in [0.1, 0.15) is 0 Å². The van der Waals surface area contributed by atoms with Crippen LogP contribution in [0.15, 0.2) is 5.38 Å². The van der Waals surface area contributed by atoms with E-state index >= 15 is 0 Å². The number of rotatable bonds is 2. The molecule has 6 heteroatoms. The summed E-state index contributed by atoms with van der Waals surface area (Å²) in [6, 6.07) is 0.579. The Balaban J connectivity index is 1.45. The number of nitrogens with zero attached hydrogens (tertiary/aromatic N) is 2. The van der Waals surface area contributed by atoms with Crippen LogP contribution in [0.4, 0.5) is 4.79 Å². The van der Waals surface area contributed by atoms with Crippen LogP contribution in [0.1, 0.15) is 61.7 Å². The van der Waals surface area contributed by atoms with Crippen molar-refractivity contribution in [3.05, 3.63) is 16.1 Å². The molecule has 1 aromatic heterocycles. The van der Waals surface area contributed by atoms with Crippen LogP contribution in [0.2, 0.25) is 0 Å². The lowest BCUT2D eigenvalue weighted by Gasteiger charge is -2.40. The smallest absolute Gasteiger partial charge is 0.318 e. The fourth-order valence-electron chi connectivity index (χ4n) is 4.82. The van der Waals surface area contributed by atoms with Gasteiger partial charge in [0, 0.05) is 31.2 Å². The van der Waals surface area contributed by atoms with Gasteiger partial charge in [-0.05, 0) is 50.9 Å². The molecule has 1 N–H and O–H groups in total. The van der Waals surface area contributed by atoms with Crippen molar-refractivity contribution in [2.24, 2.45) is 5.41 Å². The van der Waals surface area contributed by atoms with Crippen molar-refractivity contribution in [1.29, 1.82) is 0 Å². The Morgan fingerprint density at radius 1 is 1.33 bits per heavy atom. The van der Waals surface area contributed by atoms with Gasteiger partial charge in [0.15, 0.2) is 0 Å². The van der Waals surface area contributed by atoms with Gasteiger partial charge in [-0.2, -0.15) is 0 Å². The summed E-state index contributed by atoms with van der Waals surface area (Å²) in [5.41, 5.74) is 1.35. The van der Waals surface area contributed by atoms with Crippen molar-refractivity contribution >= 4 is 17.4 Å². The van der Waals surface area contributed by atoms with Gasteiger partial charge in [-0.1, -0.05) is 6.42 Å². The van der Waals surface area contributed by atoms with Gasteiger partial charge in [0.05, 0.1) is 16.7 Å². The van der Waals surface area contributed by atoms with Crippen LogP contribution in [0, 0.1) is 12.3 Å². The van der Waals surface area contributed by atoms with Crippen molar-refractivity contribution in [2.75, 3.05) is 19.8 Å². The van der Waals surface area contributed by atoms with E-state index in [1.54, 1.807) is 11.3 Å². The number of nitrogens with one attached hydrogen (secondary N) is 1. The maximum absolute atomic E-state index is 13.0. The van der Waals surface area contributed by atoms with Crippen LogP contribution in [0.25, 0.3) is 0 Å². The van der Waals surface area contributed by atoms with Gasteiger partial charge in [0.25, 0.3) is 0 Å². The molecule has 132 valence electrons. The predicted molar refractivity (Wildman–Crippen MR) is 94.2 cm³/mol. The number of urea groups is 1. The van der Waals surface area contributed by atoms with Crippen molar-refractivity contribution in [3.8, 4) is 0 Å². The van der Waals surface area contributed by atoms with Gasteiger partial charge in [-0.3, -0.25) is 0 Å². The van der Waals surface area contributed by atoms with Gasteiger partial charge in [-0.25, -0.2) is 9.78 Å². The molecule has 2 atom stereocenters. The van der Waals surface area contributed by atoms with E-state index in [2.05, 4.69) is 15.7 Å². The number of ether oxygens (including phenoxy) is 1. The van der Waals surface area contributed by atoms with E-state index in [4.69, 9.17) is 4.74 Å². The van der Waals surface area contributed by atoms with E-state index in [0.717, 1.165) is 62.6 Å². The highest BCUT2D eigenvalue weighted by Crippen LogP contribution is 2.46. The molecule has 3 fully saturated rings. The summed E-state index contributed by atoms with van der Waals surface area (Å²) >= 11 is 1.67. The molecular weight excluding hydrogens is 322 g/mol. The molecule has 5 nitrogen and oxygen atoms in total. The number of aromatic nitrogens is 1. The van der Waals surface area contributed by atoms with E-state index in [0.29, 0.717) is 6.04 Å². The Bertz CT molecular complexity index is 597. The molecule has 2 amide bonds. The molecule has 4 rings (SSSR count). The molecule has 1 spiro atoms. The van der Waals surface area contributed by atoms with Crippen molar-refractivity contribution in [2.45, 2.75) is 64.0 Å². The zero-order valence-electron chi connectivity index (χ0n) is 14.4. The molecule has 0 radical (unpaired) electrons. The van der Waals surface area contributed by atoms with Gasteiger partial charge in [0.2, 0.25) is 0 Å². The van der Waals surface area contributed by atoms with E-state index in [9.17, 15) is 4.79 Å². The molecule has 2 aliphatic heterocycles. The summed E-state index contributed by atoms with van der Waals surface area (Å²) in [6.45, 7) is 4.56. The van der Waals surface area contributed by atoms with E-state index in [1.807, 2.05) is 11.8 Å². The third kappa shape index (κ3) is 2.94. The zero-order chi connectivity index (χ0) is 16.6. The number of hydrogen-bond donors (Lipinski definition) is 1. The Labute approximate surface area is 147 Å². The number of carbonyl (C=O) groups is 1. The highest BCUT2D eigenvalue weighted by molar-refractivity contribution is 7.09.